The SMILES string of the molecule is N#CC1(S(=O)(=O)c2ccccc2)C([N+](=O)[O-])=CC(c2cn(S(=O)(=O)c3ccccc3)c3cc([N+](=O)[O-])ccc23)=C(Br)C1F. The van der Waals surface area contributed by atoms with E-state index >= 15 is 4.39 Å². The first-order valence-corrected chi connectivity index (χ1v) is 15.7. The lowest BCUT2D eigenvalue weighted by molar-refractivity contribution is -0.430. The number of nitriles is 1. The van der Waals surface area contributed by atoms with Crippen molar-refractivity contribution in [2.75, 3.05) is 0 Å². The Morgan fingerprint density at radius 3 is 2.02 bits per heavy atom. The van der Waals surface area contributed by atoms with Gasteiger partial charge in [-0.05, 0) is 30.3 Å². The summed E-state index contributed by atoms with van der Waals surface area (Å²) in [7, 11) is -9.47. The Hall–Kier alpha value is -4.72. The molecule has 0 saturated heterocycles. The number of non-ortho nitro benzene ring substituents is 1. The van der Waals surface area contributed by atoms with Crippen LogP contribution in [0.25, 0.3) is 16.5 Å². The summed E-state index contributed by atoms with van der Waals surface area (Å²) < 4.78 is 67.8. The summed E-state index contributed by atoms with van der Waals surface area (Å²) in [6.45, 7) is 0. The van der Waals surface area contributed by atoms with Gasteiger partial charge in [0.25, 0.3) is 26.2 Å². The summed E-state index contributed by atoms with van der Waals surface area (Å²) in [4.78, 5) is 21.2. The Balaban J connectivity index is 1.83. The van der Waals surface area contributed by atoms with E-state index in [4.69, 9.17) is 0 Å². The molecule has 0 fully saturated rings. The fraction of sp³-hybridized carbons (Fsp3) is 0.0741. The van der Waals surface area contributed by atoms with Crippen LogP contribution in [0.15, 0.2) is 111 Å². The minimum atomic E-state index is -5.05. The van der Waals surface area contributed by atoms with Crippen LogP contribution in [0.3, 0.4) is 0 Å². The number of alkyl halides is 1. The van der Waals surface area contributed by atoms with Gasteiger partial charge in [0.05, 0.1) is 25.2 Å². The Morgan fingerprint density at radius 2 is 1.49 bits per heavy atom. The molecule has 0 bridgehead atoms. The van der Waals surface area contributed by atoms with Crippen molar-refractivity contribution in [1.29, 1.82) is 5.26 Å². The maximum absolute atomic E-state index is 16.4. The highest BCUT2D eigenvalue weighted by molar-refractivity contribution is 9.12. The summed E-state index contributed by atoms with van der Waals surface area (Å²) >= 11 is 3.00. The molecule has 0 saturated carbocycles. The highest BCUT2D eigenvalue weighted by atomic mass is 79.9. The second kappa shape index (κ2) is 10.5. The topological polar surface area (TPSA) is 183 Å². The van der Waals surface area contributed by atoms with Crippen LogP contribution in [-0.4, -0.2) is 41.6 Å². The summed E-state index contributed by atoms with van der Waals surface area (Å²) in [5.41, 5.74) is -2.46. The van der Waals surface area contributed by atoms with Gasteiger partial charge in [-0.2, -0.15) is 5.26 Å². The lowest BCUT2D eigenvalue weighted by Gasteiger charge is -2.31. The first-order valence-electron chi connectivity index (χ1n) is 12.0. The number of fused-ring (bicyclic) bond motifs is 1. The van der Waals surface area contributed by atoms with Gasteiger partial charge >= 0.3 is 0 Å². The van der Waals surface area contributed by atoms with Crippen LogP contribution < -0.4 is 0 Å². The van der Waals surface area contributed by atoms with Crippen molar-refractivity contribution >= 4 is 58.0 Å². The molecule has 2 atom stereocenters. The molecule has 0 spiro atoms. The van der Waals surface area contributed by atoms with Crippen molar-refractivity contribution in [1.82, 2.24) is 3.97 Å². The molecule has 1 aromatic heterocycles. The quantitative estimate of drug-likeness (QED) is 0.188. The number of allylic oxidation sites excluding steroid dienone is 3. The van der Waals surface area contributed by atoms with Crippen LogP contribution in [0.1, 0.15) is 5.56 Å². The molecule has 16 heteroatoms. The maximum atomic E-state index is 16.4. The maximum Gasteiger partial charge on any atom is 0.286 e. The molecule has 0 radical (unpaired) electrons. The number of halogens is 2. The number of benzene rings is 3. The average molecular weight is 687 g/mol. The van der Waals surface area contributed by atoms with Crippen molar-refractivity contribution in [2.45, 2.75) is 20.7 Å². The Bertz CT molecular complexity index is 2160. The van der Waals surface area contributed by atoms with Crippen LogP contribution in [0.2, 0.25) is 0 Å². The average Bonchev–Trinajstić information content (AvgIpc) is 3.38. The molecule has 12 nitrogen and oxygen atoms in total. The number of sulfone groups is 1. The fourth-order valence-corrected chi connectivity index (χ4v) is 8.82. The molecular formula is C27H16BrFN4O8S2. The minimum absolute atomic E-state index is 0.0126. The smallest absolute Gasteiger partial charge is 0.259 e. The fourth-order valence-electron chi connectivity index (χ4n) is 4.81. The van der Waals surface area contributed by atoms with E-state index in [2.05, 4.69) is 15.9 Å². The summed E-state index contributed by atoms with van der Waals surface area (Å²) in [6.07, 6.45) is -1.15. The third-order valence-corrected chi connectivity index (χ3v) is 11.7. The molecule has 218 valence electrons. The van der Waals surface area contributed by atoms with Crippen LogP contribution in [0, 0.1) is 31.6 Å². The summed E-state index contributed by atoms with van der Waals surface area (Å²) in [6, 6.07) is 17.8. The van der Waals surface area contributed by atoms with E-state index in [0.717, 1.165) is 30.5 Å². The number of nitro benzene ring substituents is 1. The molecule has 1 heterocycles. The molecule has 1 aliphatic carbocycles. The van der Waals surface area contributed by atoms with Crippen molar-refractivity contribution < 1.29 is 31.1 Å². The van der Waals surface area contributed by atoms with Crippen molar-refractivity contribution in [3.8, 4) is 6.07 Å². The van der Waals surface area contributed by atoms with Gasteiger partial charge in [0.1, 0.15) is 6.07 Å². The van der Waals surface area contributed by atoms with Gasteiger partial charge in [0.2, 0.25) is 9.84 Å². The molecule has 0 amide bonds. The van der Waals surface area contributed by atoms with E-state index < -0.39 is 61.4 Å². The molecular weight excluding hydrogens is 671 g/mol. The zero-order valence-corrected chi connectivity index (χ0v) is 24.6. The first kappa shape index (κ1) is 29.8. The molecule has 3 aromatic carbocycles. The Morgan fingerprint density at radius 1 is 0.907 bits per heavy atom. The van der Waals surface area contributed by atoms with Gasteiger partial charge in [0, 0.05) is 45.4 Å². The molecule has 4 aromatic rings. The van der Waals surface area contributed by atoms with E-state index in [1.54, 1.807) is 6.07 Å². The predicted octanol–water partition coefficient (Wildman–Crippen LogP) is 5.14. The Labute approximate surface area is 251 Å². The number of nitro groups is 2. The van der Waals surface area contributed by atoms with E-state index in [1.165, 1.54) is 54.6 Å². The third-order valence-electron chi connectivity index (χ3n) is 6.89. The van der Waals surface area contributed by atoms with Crippen LogP contribution in [0.5, 0.6) is 0 Å². The van der Waals surface area contributed by atoms with Crippen molar-refractivity contribution in [3.05, 3.63) is 127 Å². The third kappa shape index (κ3) is 4.44. The van der Waals surface area contributed by atoms with Crippen molar-refractivity contribution in [3.63, 3.8) is 0 Å². The van der Waals surface area contributed by atoms with E-state index in [0.29, 0.717) is 10.0 Å². The summed E-state index contributed by atoms with van der Waals surface area (Å²) in [5, 5.41) is 33.9. The number of nitrogens with zero attached hydrogens (tertiary/aromatic N) is 4. The number of rotatable bonds is 7. The summed E-state index contributed by atoms with van der Waals surface area (Å²) in [5.74, 6) is 0. The van der Waals surface area contributed by atoms with Gasteiger partial charge < -0.3 is 0 Å². The second-order valence-corrected chi connectivity index (χ2v) is 14.0. The van der Waals surface area contributed by atoms with Gasteiger partial charge in [-0.15, -0.1) is 0 Å². The van der Waals surface area contributed by atoms with Crippen molar-refractivity contribution in [2.24, 2.45) is 0 Å². The van der Waals surface area contributed by atoms with E-state index in [-0.39, 0.29) is 26.9 Å². The molecule has 0 aliphatic heterocycles. The Kier molecular flexibility index (Phi) is 7.28. The number of aromatic nitrogens is 1. The highest BCUT2D eigenvalue weighted by Gasteiger charge is 2.64. The first-order chi connectivity index (χ1) is 20.3. The second-order valence-electron chi connectivity index (χ2n) is 9.19. The number of hydrogen-bond donors (Lipinski definition) is 0. The lowest BCUT2D eigenvalue weighted by Crippen LogP contribution is -2.51. The van der Waals surface area contributed by atoms with Gasteiger partial charge in [0.15, 0.2) is 6.17 Å². The lowest BCUT2D eigenvalue weighted by atomic mass is 9.88. The van der Waals surface area contributed by atoms with Crippen LogP contribution in [-0.2, 0) is 19.9 Å². The van der Waals surface area contributed by atoms with Gasteiger partial charge in [-0.1, -0.05) is 52.3 Å². The molecule has 43 heavy (non-hydrogen) atoms. The van der Waals surface area contributed by atoms with E-state index in [1.807, 2.05) is 0 Å². The van der Waals surface area contributed by atoms with E-state index in [9.17, 15) is 42.3 Å². The van der Waals surface area contributed by atoms with Crippen LogP contribution in [0.4, 0.5) is 10.1 Å². The number of hydrogen-bond acceptors (Lipinski definition) is 9. The van der Waals surface area contributed by atoms with Crippen LogP contribution >= 0.6 is 15.9 Å². The molecule has 0 N–H and O–H groups in total. The van der Waals surface area contributed by atoms with Gasteiger partial charge in [-0.3, -0.25) is 20.2 Å². The zero-order valence-electron chi connectivity index (χ0n) is 21.4. The normalized spacial score (nSPS) is 19.1. The predicted molar refractivity (Wildman–Crippen MR) is 155 cm³/mol. The minimum Gasteiger partial charge on any atom is -0.259 e. The van der Waals surface area contributed by atoms with Gasteiger partial charge in [-0.25, -0.2) is 25.2 Å². The highest BCUT2D eigenvalue weighted by Crippen LogP contribution is 2.49. The molecule has 5 rings (SSSR count). The monoisotopic (exact) mass is 686 g/mol. The zero-order chi connectivity index (χ0) is 31.3. The molecule has 2 unspecified atom stereocenters. The largest absolute Gasteiger partial charge is 0.286 e. The molecule has 1 aliphatic rings. The standard InChI is InChI=1S/C27H16BrFN4O8S2/c28-25-21(14-24(33(36)37)27(16-30,26(25)29)42(38,39)18-7-3-1-4-8-18)22-15-31(43(40,41)19-9-5-2-6-10-19)23-13-17(32(34)35)11-12-20(22)23/h1-15,26H.